The number of aryl methyl sites for hydroxylation is 1. The molecule has 0 aromatic carbocycles. The lowest BCUT2D eigenvalue weighted by Crippen LogP contribution is -2.47. The standard InChI is InChI=1S/C37H67N7O4S/c1-27(2)16-21-43(22-17-28(3)4)33(46)18-23-48-36(6,7)19-15-29(5)12-11-20-44-25-30(41-42-44)24-38-32(45)14-10-9-13-31-34-37(8,26-49-31)40-35(47)39-34/h25,27-29,31,34H,9-24,26H2,1-8H3,(H,38,45)(H2,39,40,47)/t29?,31?,34-,37?/m1/s1. The molecule has 3 heterocycles. The van der Waals surface area contributed by atoms with Gasteiger partial charge < -0.3 is 25.6 Å². The van der Waals surface area contributed by atoms with E-state index in [1.54, 1.807) is 0 Å². The maximum atomic E-state index is 13.0. The Kier molecular flexibility index (Phi) is 16.7. The van der Waals surface area contributed by atoms with Crippen molar-refractivity contribution in [3.63, 3.8) is 0 Å². The lowest BCUT2D eigenvalue weighted by molar-refractivity contribution is -0.134. The van der Waals surface area contributed by atoms with Crippen LogP contribution in [0.4, 0.5) is 4.79 Å². The van der Waals surface area contributed by atoms with Crippen molar-refractivity contribution in [2.24, 2.45) is 17.8 Å². The van der Waals surface area contributed by atoms with Crippen LogP contribution in [-0.4, -0.2) is 85.6 Å². The Bertz CT molecular complexity index is 1160. The average molecular weight is 706 g/mol. The first kappa shape index (κ1) is 41.1. The van der Waals surface area contributed by atoms with E-state index in [2.05, 4.69) is 81.7 Å². The Balaban J connectivity index is 1.24. The summed E-state index contributed by atoms with van der Waals surface area (Å²) in [5.41, 5.74) is 0.357. The number of unbranched alkanes of at least 4 members (excludes halogenated alkanes) is 1. The summed E-state index contributed by atoms with van der Waals surface area (Å²) in [6.45, 7) is 20.8. The summed E-state index contributed by atoms with van der Waals surface area (Å²) in [5.74, 6) is 2.90. The van der Waals surface area contributed by atoms with E-state index in [1.165, 1.54) is 0 Å². The molecule has 3 unspecified atom stereocenters. The fraction of sp³-hybridized carbons (Fsp3) is 0.865. The summed E-state index contributed by atoms with van der Waals surface area (Å²) in [7, 11) is 0. The van der Waals surface area contributed by atoms with E-state index in [0.717, 1.165) is 88.9 Å². The number of carbonyl (C=O) groups excluding carboxylic acids is 3. The number of carbonyl (C=O) groups is 3. The summed E-state index contributed by atoms with van der Waals surface area (Å²) in [6.07, 6.45) is 11.8. The number of thioether (sulfide) groups is 1. The van der Waals surface area contributed by atoms with Gasteiger partial charge in [-0.25, -0.2) is 4.79 Å². The highest BCUT2D eigenvalue weighted by molar-refractivity contribution is 8.00. The molecule has 0 spiro atoms. The average Bonchev–Trinajstić information content (AvgIpc) is 3.69. The predicted molar refractivity (Wildman–Crippen MR) is 198 cm³/mol. The topological polar surface area (TPSA) is 130 Å². The summed E-state index contributed by atoms with van der Waals surface area (Å²) in [5, 5.41) is 18.0. The molecule has 1 aromatic rings. The highest BCUT2D eigenvalue weighted by atomic mass is 32.2. The summed E-state index contributed by atoms with van der Waals surface area (Å²) in [4.78, 5) is 39.2. The molecule has 280 valence electrons. The Morgan fingerprint density at radius 2 is 1.80 bits per heavy atom. The smallest absolute Gasteiger partial charge is 0.315 e. The van der Waals surface area contributed by atoms with Crippen molar-refractivity contribution in [2.75, 3.05) is 25.4 Å². The number of urea groups is 1. The van der Waals surface area contributed by atoms with Crippen LogP contribution in [0.3, 0.4) is 0 Å². The van der Waals surface area contributed by atoms with Gasteiger partial charge in [0.25, 0.3) is 0 Å². The SMILES string of the molecule is CC(C)CCN(CCC(C)C)C(=O)CCOC(C)(C)CCC(C)CCCn1cc(CNC(=O)CCCCC2SCC3(C)NC(=O)N[C@H]23)nn1. The first-order chi connectivity index (χ1) is 23.2. The van der Waals surface area contributed by atoms with Crippen LogP contribution in [0.2, 0.25) is 0 Å². The maximum absolute atomic E-state index is 13.0. The first-order valence-corrected chi connectivity index (χ1v) is 20.0. The number of hydrogen-bond acceptors (Lipinski definition) is 7. The van der Waals surface area contributed by atoms with Crippen molar-refractivity contribution in [1.29, 1.82) is 0 Å². The van der Waals surface area contributed by atoms with E-state index in [9.17, 15) is 14.4 Å². The first-order valence-electron chi connectivity index (χ1n) is 18.9. The van der Waals surface area contributed by atoms with Crippen molar-refractivity contribution in [2.45, 2.75) is 162 Å². The zero-order chi connectivity index (χ0) is 36.0. The largest absolute Gasteiger partial charge is 0.375 e. The minimum absolute atomic E-state index is 0.0341. The molecule has 12 heteroatoms. The van der Waals surface area contributed by atoms with Crippen molar-refractivity contribution in [3.8, 4) is 0 Å². The highest BCUT2D eigenvalue weighted by Gasteiger charge is 2.51. The van der Waals surface area contributed by atoms with Gasteiger partial charge in [-0.15, -0.1) is 5.10 Å². The summed E-state index contributed by atoms with van der Waals surface area (Å²) in [6, 6.07) is 0.101. The van der Waals surface area contributed by atoms with Crippen LogP contribution in [-0.2, 0) is 27.4 Å². The number of fused-ring (bicyclic) bond motifs is 1. The van der Waals surface area contributed by atoms with Gasteiger partial charge in [0.05, 0.1) is 43.0 Å². The lowest BCUT2D eigenvalue weighted by Gasteiger charge is -2.28. The Hall–Kier alpha value is -2.34. The number of nitrogens with zero attached hydrogens (tertiary/aromatic N) is 4. The molecule has 4 amide bonds. The fourth-order valence-corrected chi connectivity index (χ4v) is 8.25. The van der Waals surface area contributed by atoms with Crippen molar-refractivity contribution >= 4 is 29.6 Å². The van der Waals surface area contributed by atoms with E-state index < -0.39 is 0 Å². The minimum Gasteiger partial charge on any atom is -0.375 e. The molecule has 2 aliphatic heterocycles. The third-order valence-corrected chi connectivity index (χ3v) is 11.7. The van der Waals surface area contributed by atoms with Crippen molar-refractivity contribution < 1.29 is 19.1 Å². The third kappa shape index (κ3) is 14.8. The molecule has 0 radical (unpaired) electrons. The molecule has 0 saturated carbocycles. The van der Waals surface area contributed by atoms with Crippen LogP contribution in [0.1, 0.15) is 132 Å². The van der Waals surface area contributed by atoms with Gasteiger partial charge in [0.1, 0.15) is 5.69 Å². The number of ether oxygens (including phenoxy) is 1. The fourth-order valence-electron chi connectivity index (χ4n) is 6.54. The number of aromatic nitrogens is 3. The van der Waals surface area contributed by atoms with Crippen molar-refractivity contribution in [3.05, 3.63) is 11.9 Å². The molecular formula is C37H67N7O4S. The number of amides is 4. The monoisotopic (exact) mass is 705 g/mol. The Morgan fingerprint density at radius 3 is 2.49 bits per heavy atom. The zero-order valence-electron chi connectivity index (χ0n) is 31.8. The second kappa shape index (κ2) is 19.9. The third-order valence-electron chi connectivity index (χ3n) is 9.97. The van der Waals surface area contributed by atoms with E-state index in [-0.39, 0.29) is 35.0 Å². The molecule has 0 bridgehead atoms. The molecule has 2 fully saturated rings. The van der Waals surface area contributed by atoms with Gasteiger partial charge in [0.15, 0.2) is 0 Å². The maximum Gasteiger partial charge on any atom is 0.315 e. The number of rotatable bonds is 24. The van der Waals surface area contributed by atoms with Crippen molar-refractivity contribution in [1.82, 2.24) is 35.8 Å². The molecule has 2 saturated heterocycles. The van der Waals surface area contributed by atoms with Crippen LogP contribution in [0, 0.1) is 17.8 Å². The van der Waals surface area contributed by atoms with Crippen LogP contribution >= 0.6 is 11.8 Å². The van der Waals surface area contributed by atoms with E-state index in [1.807, 2.05) is 27.5 Å². The highest BCUT2D eigenvalue weighted by Crippen LogP contribution is 2.39. The van der Waals surface area contributed by atoms with E-state index >= 15 is 0 Å². The molecule has 1 aromatic heterocycles. The second-order valence-corrected chi connectivity index (χ2v) is 17.5. The van der Waals surface area contributed by atoms with Gasteiger partial charge in [-0.1, -0.05) is 46.3 Å². The minimum atomic E-state index is -0.260. The Morgan fingerprint density at radius 1 is 1.08 bits per heavy atom. The molecule has 11 nitrogen and oxygen atoms in total. The molecule has 4 atom stereocenters. The lowest BCUT2D eigenvalue weighted by atomic mass is 9.92. The molecule has 0 aliphatic carbocycles. The van der Waals surface area contributed by atoms with Gasteiger partial charge in [0, 0.05) is 37.1 Å². The number of nitrogens with one attached hydrogen (secondary N) is 3. The van der Waals surface area contributed by atoms with Gasteiger partial charge >= 0.3 is 6.03 Å². The van der Waals surface area contributed by atoms with Crippen LogP contribution in [0.15, 0.2) is 6.20 Å². The summed E-state index contributed by atoms with van der Waals surface area (Å²) < 4.78 is 8.09. The zero-order valence-corrected chi connectivity index (χ0v) is 32.6. The Labute approximate surface area is 300 Å². The van der Waals surface area contributed by atoms with Crippen LogP contribution < -0.4 is 16.0 Å². The predicted octanol–water partition coefficient (Wildman–Crippen LogP) is 6.31. The summed E-state index contributed by atoms with van der Waals surface area (Å²) >= 11 is 1.91. The van der Waals surface area contributed by atoms with Gasteiger partial charge in [0.2, 0.25) is 11.8 Å². The van der Waals surface area contributed by atoms with E-state index in [0.29, 0.717) is 49.0 Å². The molecule has 2 aliphatic rings. The molecular weight excluding hydrogens is 639 g/mol. The quantitative estimate of drug-likeness (QED) is 0.0849. The van der Waals surface area contributed by atoms with Gasteiger partial charge in [-0.05, 0) is 89.9 Å². The van der Waals surface area contributed by atoms with E-state index in [4.69, 9.17) is 4.74 Å². The molecule has 3 N–H and O–H groups in total. The molecule has 3 rings (SSSR count). The van der Waals surface area contributed by atoms with Gasteiger partial charge in [-0.2, -0.15) is 11.8 Å². The molecule has 49 heavy (non-hydrogen) atoms. The van der Waals surface area contributed by atoms with Crippen LogP contribution in [0.5, 0.6) is 0 Å². The van der Waals surface area contributed by atoms with Gasteiger partial charge in [-0.3, -0.25) is 14.3 Å². The van der Waals surface area contributed by atoms with Crippen LogP contribution in [0.25, 0.3) is 0 Å². The number of hydrogen-bond donors (Lipinski definition) is 3. The normalized spacial score (nSPS) is 21.1. The second-order valence-electron chi connectivity index (χ2n) is 16.2.